The van der Waals surface area contributed by atoms with Crippen molar-refractivity contribution in [2.24, 2.45) is 0 Å². The second-order valence-corrected chi connectivity index (χ2v) is 6.19. The predicted octanol–water partition coefficient (Wildman–Crippen LogP) is 3.12. The first-order chi connectivity index (χ1) is 10.1. The molecular weight excluding hydrogens is 310 g/mol. The lowest BCUT2D eigenvalue weighted by molar-refractivity contribution is 0.313. The molecule has 1 unspecified atom stereocenters. The Hall–Kier alpha value is -1.72. The van der Waals surface area contributed by atoms with Crippen molar-refractivity contribution in [2.75, 3.05) is 25.2 Å². The van der Waals surface area contributed by atoms with E-state index in [1.165, 1.54) is 0 Å². The van der Waals surface area contributed by atoms with E-state index in [0.29, 0.717) is 32.9 Å². The van der Waals surface area contributed by atoms with Gasteiger partial charge in [-0.25, -0.2) is 0 Å². The maximum absolute atomic E-state index is 12.2. The van der Waals surface area contributed by atoms with E-state index in [-0.39, 0.29) is 6.61 Å². The number of nitrogens with two attached hydrogens (primary N) is 1. The summed E-state index contributed by atoms with van der Waals surface area (Å²) in [7, 11) is 0.311. The third-order valence-electron chi connectivity index (χ3n) is 2.80. The maximum atomic E-state index is 12.2. The van der Waals surface area contributed by atoms with Crippen LogP contribution in [0.3, 0.4) is 0 Å². The molecule has 0 aliphatic heterocycles. The first-order valence-corrected chi connectivity index (χ1v) is 8.00. The van der Waals surface area contributed by atoms with Gasteiger partial charge in [-0.2, -0.15) is 0 Å². The van der Waals surface area contributed by atoms with Gasteiger partial charge in [0.25, 0.3) is 0 Å². The Morgan fingerprint density at radius 2 is 1.90 bits per heavy atom. The van der Waals surface area contributed by atoms with E-state index in [2.05, 4.69) is 0 Å². The van der Waals surface area contributed by atoms with Crippen LogP contribution in [0.25, 0.3) is 0 Å². The van der Waals surface area contributed by atoms with Crippen LogP contribution in [-0.4, -0.2) is 23.7 Å². The molecule has 0 aliphatic rings. The molecule has 4 nitrogen and oxygen atoms in total. The summed E-state index contributed by atoms with van der Waals surface area (Å²) in [6.07, 6.45) is 0. The number of para-hydroxylation sites is 2. The van der Waals surface area contributed by atoms with Crippen LogP contribution in [0.1, 0.15) is 0 Å². The van der Waals surface area contributed by atoms with E-state index in [1.807, 2.05) is 12.1 Å². The minimum Gasteiger partial charge on any atom is -0.493 e. The topological polar surface area (TPSA) is 61.5 Å². The number of halogens is 1. The van der Waals surface area contributed by atoms with Gasteiger partial charge in [0.1, 0.15) is 6.61 Å². The summed E-state index contributed by atoms with van der Waals surface area (Å²) in [6.45, 7) is 0.290. The van der Waals surface area contributed by atoms with Gasteiger partial charge in [0.15, 0.2) is 11.5 Å². The Bertz CT molecular complexity index is 649. The molecular formula is C15H16ClNO3S. The second-order valence-electron chi connectivity index (χ2n) is 4.24. The van der Waals surface area contributed by atoms with Gasteiger partial charge in [0.2, 0.25) is 0 Å². The zero-order chi connectivity index (χ0) is 15.2. The van der Waals surface area contributed by atoms with Crippen LogP contribution in [0.5, 0.6) is 11.5 Å². The monoisotopic (exact) mass is 325 g/mol. The summed E-state index contributed by atoms with van der Waals surface area (Å²) >= 11 is 6.03. The first-order valence-electron chi connectivity index (χ1n) is 6.31. The van der Waals surface area contributed by atoms with Crippen LogP contribution in [0, 0.1) is 0 Å². The highest BCUT2D eigenvalue weighted by Gasteiger charge is 2.10. The van der Waals surface area contributed by atoms with E-state index in [1.54, 1.807) is 37.4 Å². The summed E-state index contributed by atoms with van der Waals surface area (Å²) in [5, 5.41) is 0.444. The molecule has 0 saturated carbocycles. The number of rotatable bonds is 6. The molecule has 0 aliphatic carbocycles. The van der Waals surface area contributed by atoms with Crippen LogP contribution < -0.4 is 15.2 Å². The summed E-state index contributed by atoms with van der Waals surface area (Å²) in [5.41, 5.74) is 6.22. The Morgan fingerprint density at radius 1 is 1.19 bits per heavy atom. The van der Waals surface area contributed by atoms with Crippen molar-refractivity contribution in [3.63, 3.8) is 0 Å². The van der Waals surface area contributed by atoms with Crippen molar-refractivity contribution < 1.29 is 13.7 Å². The predicted molar refractivity (Wildman–Crippen MR) is 85.6 cm³/mol. The molecule has 2 aromatic rings. The number of benzene rings is 2. The molecule has 0 amide bonds. The highest BCUT2D eigenvalue weighted by atomic mass is 35.5. The molecule has 6 heteroatoms. The average Bonchev–Trinajstić information content (AvgIpc) is 2.50. The van der Waals surface area contributed by atoms with Gasteiger partial charge in [-0.3, -0.25) is 4.21 Å². The fraction of sp³-hybridized carbons (Fsp3) is 0.200. The molecule has 0 spiro atoms. The zero-order valence-electron chi connectivity index (χ0n) is 11.5. The van der Waals surface area contributed by atoms with Crippen molar-refractivity contribution in [3.8, 4) is 11.5 Å². The van der Waals surface area contributed by atoms with Crippen molar-refractivity contribution in [1.82, 2.24) is 0 Å². The SMILES string of the molecule is COc1ccccc1OCCS(=O)c1cc(N)ccc1Cl. The molecule has 0 heterocycles. The van der Waals surface area contributed by atoms with Crippen LogP contribution in [0.4, 0.5) is 5.69 Å². The molecule has 1 atom stereocenters. The number of hydrogen-bond donors (Lipinski definition) is 1. The minimum absolute atomic E-state index is 0.290. The Labute approximate surface area is 131 Å². The van der Waals surface area contributed by atoms with Gasteiger partial charge in [-0.05, 0) is 30.3 Å². The quantitative estimate of drug-likeness (QED) is 0.829. The maximum Gasteiger partial charge on any atom is 0.161 e. The minimum atomic E-state index is -1.27. The van der Waals surface area contributed by atoms with Crippen molar-refractivity contribution >= 4 is 28.1 Å². The lowest BCUT2D eigenvalue weighted by Gasteiger charge is -2.10. The number of ether oxygens (including phenoxy) is 2. The average molecular weight is 326 g/mol. The lowest BCUT2D eigenvalue weighted by Crippen LogP contribution is -2.09. The van der Waals surface area contributed by atoms with E-state index in [4.69, 9.17) is 26.8 Å². The van der Waals surface area contributed by atoms with Crippen LogP contribution in [0.15, 0.2) is 47.4 Å². The van der Waals surface area contributed by atoms with Gasteiger partial charge in [0, 0.05) is 5.69 Å². The lowest BCUT2D eigenvalue weighted by atomic mass is 10.3. The van der Waals surface area contributed by atoms with Gasteiger partial charge >= 0.3 is 0 Å². The van der Waals surface area contributed by atoms with Crippen molar-refractivity contribution in [3.05, 3.63) is 47.5 Å². The first kappa shape index (κ1) is 15.7. The fourth-order valence-corrected chi connectivity index (χ4v) is 3.15. The molecule has 2 N–H and O–H groups in total. The van der Waals surface area contributed by atoms with E-state index < -0.39 is 10.8 Å². The Balaban J connectivity index is 1.97. The molecule has 0 fully saturated rings. The Morgan fingerprint density at radius 3 is 2.62 bits per heavy atom. The van der Waals surface area contributed by atoms with Crippen molar-refractivity contribution in [2.45, 2.75) is 4.90 Å². The number of nitrogen functional groups attached to an aromatic ring is 1. The van der Waals surface area contributed by atoms with E-state index >= 15 is 0 Å². The van der Waals surface area contributed by atoms with Crippen LogP contribution >= 0.6 is 11.6 Å². The van der Waals surface area contributed by atoms with Crippen LogP contribution in [-0.2, 0) is 10.8 Å². The molecule has 2 rings (SSSR count). The number of anilines is 1. The molecule has 0 bridgehead atoms. The van der Waals surface area contributed by atoms with Gasteiger partial charge in [0.05, 0.1) is 33.6 Å². The molecule has 0 saturated heterocycles. The van der Waals surface area contributed by atoms with Gasteiger partial charge in [-0.1, -0.05) is 23.7 Å². The third kappa shape index (κ3) is 4.12. The highest BCUT2D eigenvalue weighted by Crippen LogP contribution is 2.26. The Kier molecular flexibility index (Phi) is 5.47. The third-order valence-corrected chi connectivity index (χ3v) is 4.60. The van der Waals surface area contributed by atoms with Gasteiger partial charge in [-0.15, -0.1) is 0 Å². The molecule has 0 radical (unpaired) electrons. The normalized spacial score (nSPS) is 11.9. The summed E-state index contributed by atoms with van der Waals surface area (Å²) < 4.78 is 23.0. The largest absolute Gasteiger partial charge is 0.493 e. The fourth-order valence-electron chi connectivity index (χ4n) is 1.77. The summed E-state index contributed by atoms with van der Waals surface area (Å²) in [6, 6.07) is 12.3. The van der Waals surface area contributed by atoms with E-state index in [0.717, 1.165) is 0 Å². The van der Waals surface area contributed by atoms with Crippen molar-refractivity contribution in [1.29, 1.82) is 0 Å². The smallest absolute Gasteiger partial charge is 0.161 e. The van der Waals surface area contributed by atoms with Gasteiger partial charge < -0.3 is 15.2 Å². The zero-order valence-corrected chi connectivity index (χ0v) is 13.1. The van der Waals surface area contributed by atoms with Crippen LogP contribution in [0.2, 0.25) is 5.02 Å². The standard InChI is InChI=1S/C15H16ClNO3S/c1-19-13-4-2-3-5-14(13)20-8-9-21(18)15-10-11(17)6-7-12(15)16/h2-7,10H,8-9,17H2,1H3. The molecule has 2 aromatic carbocycles. The molecule has 21 heavy (non-hydrogen) atoms. The molecule has 112 valence electrons. The number of hydrogen-bond acceptors (Lipinski definition) is 4. The summed E-state index contributed by atoms with van der Waals surface area (Å²) in [4.78, 5) is 0.528. The summed E-state index contributed by atoms with van der Waals surface area (Å²) in [5.74, 6) is 1.59. The number of methoxy groups -OCH3 is 1. The molecule has 0 aromatic heterocycles. The highest BCUT2D eigenvalue weighted by molar-refractivity contribution is 7.85. The second kappa shape index (κ2) is 7.33. The van der Waals surface area contributed by atoms with E-state index in [9.17, 15) is 4.21 Å².